The molecular weight excluding hydrogens is 411 g/mol. The first kappa shape index (κ1) is 20.6. The molecule has 154 valence electrons. The summed E-state index contributed by atoms with van der Waals surface area (Å²) in [7, 11) is 0. The molecule has 0 amide bonds. The van der Waals surface area contributed by atoms with Crippen molar-refractivity contribution >= 4 is 11.8 Å². The van der Waals surface area contributed by atoms with Crippen molar-refractivity contribution in [3.8, 4) is 17.5 Å². The third-order valence-electron chi connectivity index (χ3n) is 4.56. The number of nitrogens with zero attached hydrogens (tertiary/aromatic N) is 4. The fraction of sp³-hybridized carbons (Fsp3) is 0.125. The molecule has 0 aliphatic heterocycles. The number of halogens is 1. The second-order valence-corrected chi connectivity index (χ2v) is 7.88. The van der Waals surface area contributed by atoms with Gasteiger partial charge in [-0.15, -0.1) is 10.2 Å². The minimum Gasteiger partial charge on any atom is -0.483 e. The van der Waals surface area contributed by atoms with Gasteiger partial charge in [0, 0.05) is 5.69 Å². The molecule has 7 heteroatoms. The molecule has 0 bridgehead atoms. The summed E-state index contributed by atoms with van der Waals surface area (Å²) in [5.41, 5.74) is 1.92. The van der Waals surface area contributed by atoms with Crippen molar-refractivity contribution in [3.05, 3.63) is 102 Å². The van der Waals surface area contributed by atoms with Gasteiger partial charge in [-0.3, -0.25) is 4.57 Å². The molecule has 0 radical (unpaired) electrons. The third kappa shape index (κ3) is 5.11. The van der Waals surface area contributed by atoms with Gasteiger partial charge in [-0.2, -0.15) is 5.26 Å². The standard InChI is InChI=1S/C24H19FN4OS/c25-21-13-7-8-14-22(21)30-17-23-27-28-24(29(23)19-11-5-2-6-12-19)31-20(16-26)15-18-9-3-1-4-10-18/h1-14,20H,15,17H2/t20-/m0/s1. The SMILES string of the molecule is N#C[C@H](Cc1ccccc1)Sc1nnc(COc2ccccc2F)n1-c1ccccc1. The van der Waals surface area contributed by atoms with E-state index in [0.29, 0.717) is 17.4 Å². The van der Waals surface area contributed by atoms with Crippen LogP contribution in [0.2, 0.25) is 0 Å². The minimum atomic E-state index is -0.435. The van der Waals surface area contributed by atoms with Gasteiger partial charge in [-0.05, 0) is 36.2 Å². The first-order valence-corrected chi connectivity index (χ1v) is 10.6. The fourth-order valence-corrected chi connectivity index (χ4v) is 4.07. The maximum absolute atomic E-state index is 13.9. The van der Waals surface area contributed by atoms with Gasteiger partial charge in [0.1, 0.15) is 11.9 Å². The van der Waals surface area contributed by atoms with E-state index in [9.17, 15) is 9.65 Å². The van der Waals surface area contributed by atoms with Gasteiger partial charge < -0.3 is 4.74 Å². The summed E-state index contributed by atoms with van der Waals surface area (Å²) in [4.78, 5) is 0. The number of para-hydroxylation sites is 2. The lowest BCUT2D eigenvalue weighted by molar-refractivity contribution is 0.278. The van der Waals surface area contributed by atoms with Crippen LogP contribution in [-0.4, -0.2) is 20.0 Å². The van der Waals surface area contributed by atoms with Crippen LogP contribution in [0.4, 0.5) is 4.39 Å². The van der Waals surface area contributed by atoms with Crippen LogP contribution in [0, 0.1) is 17.1 Å². The number of hydrogen-bond donors (Lipinski definition) is 0. The Balaban J connectivity index is 1.60. The van der Waals surface area contributed by atoms with Gasteiger partial charge in [0.25, 0.3) is 0 Å². The van der Waals surface area contributed by atoms with Crippen LogP contribution in [0.25, 0.3) is 5.69 Å². The van der Waals surface area contributed by atoms with E-state index in [2.05, 4.69) is 16.3 Å². The van der Waals surface area contributed by atoms with E-state index in [1.807, 2.05) is 65.2 Å². The maximum atomic E-state index is 13.9. The van der Waals surface area contributed by atoms with Gasteiger partial charge in [0.15, 0.2) is 22.5 Å². The zero-order valence-electron chi connectivity index (χ0n) is 16.6. The summed E-state index contributed by atoms with van der Waals surface area (Å²) in [5, 5.41) is 18.5. The summed E-state index contributed by atoms with van der Waals surface area (Å²) in [5.74, 6) is 0.238. The molecule has 0 saturated carbocycles. The molecular formula is C24H19FN4OS. The number of benzene rings is 3. The van der Waals surface area contributed by atoms with Crippen molar-refractivity contribution in [2.45, 2.75) is 23.4 Å². The van der Waals surface area contributed by atoms with Gasteiger partial charge in [0.2, 0.25) is 0 Å². The zero-order valence-corrected chi connectivity index (χ0v) is 17.4. The summed E-state index contributed by atoms with van der Waals surface area (Å²) < 4.78 is 21.4. The number of rotatable bonds is 8. The molecule has 0 fully saturated rings. The first-order chi connectivity index (χ1) is 15.2. The van der Waals surface area contributed by atoms with Crippen LogP contribution < -0.4 is 4.74 Å². The van der Waals surface area contributed by atoms with Crippen LogP contribution in [0.5, 0.6) is 5.75 Å². The van der Waals surface area contributed by atoms with Gasteiger partial charge >= 0.3 is 0 Å². The average molecular weight is 431 g/mol. The Kier molecular flexibility index (Phi) is 6.60. The van der Waals surface area contributed by atoms with Crippen molar-refractivity contribution in [1.82, 2.24) is 14.8 Å². The summed E-state index contributed by atoms with van der Waals surface area (Å²) in [6.45, 7) is 0.0410. The van der Waals surface area contributed by atoms with Crippen LogP contribution in [0.3, 0.4) is 0 Å². The Morgan fingerprint density at radius 3 is 2.32 bits per heavy atom. The van der Waals surface area contributed by atoms with Crippen molar-refractivity contribution in [2.24, 2.45) is 0 Å². The molecule has 5 nitrogen and oxygen atoms in total. The van der Waals surface area contributed by atoms with Gasteiger partial charge in [-0.25, -0.2) is 4.39 Å². The monoisotopic (exact) mass is 430 g/mol. The molecule has 31 heavy (non-hydrogen) atoms. The van der Waals surface area contributed by atoms with Gasteiger partial charge in [-0.1, -0.05) is 72.4 Å². The Labute approximate surface area is 184 Å². The van der Waals surface area contributed by atoms with Crippen molar-refractivity contribution in [2.75, 3.05) is 0 Å². The minimum absolute atomic E-state index is 0.0410. The number of thioether (sulfide) groups is 1. The van der Waals surface area contributed by atoms with E-state index in [1.54, 1.807) is 18.2 Å². The quantitative estimate of drug-likeness (QED) is 0.359. The average Bonchev–Trinajstić information content (AvgIpc) is 3.21. The van der Waals surface area contributed by atoms with Crippen LogP contribution in [-0.2, 0) is 13.0 Å². The highest BCUT2D eigenvalue weighted by molar-refractivity contribution is 8.00. The molecule has 0 aliphatic carbocycles. The Hall–Kier alpha value is -3.63. The van der Waals surface area contributed by atoms with E-state index in [1.165, 1.54) is 17.8 Å². The molecule has 1 atom stereocenters. The lowest BCUT2D eigenvalue weighted by atomic mass is 10.1. The lowest BCUT2D eigenvalue weighted by Crippen LogP contribution is -2.09. The van der Waals surface area contributed by atoms with E-state index < -0.39 is 5.82 Å². The molecule has 4 rings (SSSR count). The highest BCUT2D eigenvalue weighted by Gasteiger charge is 2.20. The normalized spacial score (nSPS) is 11.6. The first-order valence-electron chi connectivity index (χ1n) is 9.72. The van der Waals surface area contributed by atoms with Crippen molar-refractivity contribution in [3.63, 3.8) is 0 Å². The van der Waals surface area contributed by atoms with E-state index in [0.717, 1.165) is 11.3 Å². The molecule has 0 aliphatic rings. The van der Waals surface area contributed by atoms with Crippen LogP contribution in [0.15, 0.2) is 90.1 Å². The maximum Gasteiger partial charge on any atom is 0.197 e. The van der Waals surface area contributed by atoms with Gasteiger partial charge in [0.05, 0.1) is 6.07 Å². The Morgan fingerprint density at radius 1 is 0.935 bits per heavy atom. The summed E-state index contributed by atoms with van der Waals surface area (Å²) in [6, 6.07) is 28.1. The highest BCUT2D eigenvalue weighted by Crippen LogP contribution is 2.28. The molecule has 0 unspecified atom stereocenters. The molecule has 1 heterocycles. The molecule has 0 spiro atoms. The Morgan fingerprint density at radius 2 is 1.61 bits per heavy atom. The third-order valence-corrected chi connectivity index (χ3v) is 5.60. The van der Waals surface area contributed by atoms with Crippen LogP contribution >= 0.6 is 11.8 Å². The molecule has 0 N–H and O–H groups in total. The lowest BCUT2D eigenvalue weighted by Gasteiger charge is -2.13. The largest absolute Gasteiger partial charge is 0.483 e. The highest BCUT2D eigenvalue weighted by atomic mass is 32.2. The predicted molar refractivity (Wildman–Crippen MR) is 117 cm³/mol. The summed E-state index contributed by atoms with van der Waals surface area (Å²) >= 11 is 1.35. The van der Waals surface area contributed by atoms with Crippen molar-refractivity contribution in [1.29, 1.82) is 5.26 Å². The number of hydrogen-bond acceptors (Lipinski definition) is 5. The second-order valence-electron chi connectivity index (χ2n) is 6.71. The Bertz CT molecular complexity index is 1180. The number of nitriles is 1. The molecule has 4 aromatic rings. The number of aromatic nitrogens is 3. The zero-order chi connectivity index (χ0) is 21.5. The molecule has 0 saturated heterocycles. The van der Waals surface area contributed by atoms with E-state index in [-0.39, 0.29) is 17.6 Å². The van der Waals surface area contributed by atoms with E-state index >= 15 is 0 Å². The molecule has 1 aromatic heterocycles. The topological polar surface area (TPSA) is 63.7 Å². The second kappa shape index (κ2) is 9.92. The predicted octanol–water partition coefficient (Wildman–Crippen LogP) is 5.21. The molecule has 3 aromatic carbocycles. The summed E-state index contributed by atoms with van der Waals surface area (Å²) in [6.07, 6.45) is 0.588. The van der Waals surface area contributed by atoms with Crippen molar-refractivity contribution < 1.29 is 9.13 Å². The fourth-order valence-electron chi connectivity index (χ4n) is 3.08. The smallest absolute Gasteiger partial charge is 0.197 e. The number of ether oxygens (including phenoxy) is 1. The van der Waals surface area contributed by atoms with Crippen LogP contribution in [0.1, 0.15) is 11.4 Å². The van der Waals surface area contributed by atoms with E-state index in [4.69, 9.17) is 4.74 Å².